The van der Waals surface area contributed by atoms with E-state index in [1.165, 1.54) is 12.3 Å². The van der Waals surface area contributed by atoms with Crippen molar-refractivity contribution in [3.8, 4) is 0 Å². The number of nitrogens with zero attached hydrogens (tertiary/aromatic N) is 3. The first-order valence-electron chi connectivity index (χ1n) is 8.17. The minimum Gasteiger partial charge on any atom is -0.494 e. The molecule has 0 aliphatic carbocycles. The molecule has 1 fully saturated rings. The third-order valence-corrected chi connectivity index (χ3v) is 3.92. The van der Waals surface area contributed by atoms with Gasteiger partial charge in [0.05, 0.1) is 5.69 Å². The van der Waals surface area contributed by atoms with Gasteiger partial charge in [0.2, 0.25) is 17.6 Å². The van der Waals surface area contributed by atoms with Gasteiger partial charge >= 0.3 is 6.01 Å². The highest BCUT2D eigenvalue weighted by Crippen LogP contribution is 2.24. The van der Waals surface area contributed by atoms with E-state index in [0.29, 0.717) is 18.9 Å². The van der Waals surface area contributed by atoms with Crippen LogP contribution in [0.15, 0.2) is 34.9 Å². The van der Waals surface area contributed by atoms with Crippen molar-refractivity contribution in [3.63, 3.8) is 0 Å². The summed E-state index contributed by atoms with van der Waals surface area (Å²) in [4.78, 5) is 37.2. The van der Waals surface area contributed by atoms with Crippen molar-refractivity contribution in [2.24, 2.45) is 0 Å². The summed E-state index contributed by atoms with van der Waals surface area (Å²) < 4.78 is 15.8. The normalized spacial score (nSPS) is 16.6. The van der Waals surface area contributed by atoms with Crippen LogP contribution in [-0.2, 0) is 19.1 Å². The van der Waals surface area contributed by atoms with Crippen molar-refractivity contribution in [3.05, 3.63) is 42.0 Å². The number of benzene rings is 1. The molecule has 0 unspecified atom stereocenters. The molecule has 0 bridgehead atoms. The quantitative estimate of drug-likeness (QED) is 0.799. The van der Waals surface area contributed by atoms with E-state index >= 15 is 0 Å². The average molecular weight is 370 g/mol. The van der Waals surface area contributed by atoms with Crippen LogP contribution in [0, 0.1) is 0 Å². The summed E-state index contributed by atoms with van der Waals surface area (Å²) in [6.45, 7) is 0.788. The summed E-state index contributed by atoms with van der Waals surface area (Å²) in [6.07, 6.45) is 1.69. The van der Waals surface area contributed by atoms with Gasteiger partial charge in [-0.2, -0.15) is 0 Å². The third-order valence-electron chi connectivity index (χ3n) is 3.92. The van der Waals surface area contributed by atoms with E-state index in [1.807, 2.05) is 0 Å². The first-order chi connectivity index (χ1) is 13.1. The molecule has 2 aliphatic heterocycles. The smallest absolute Gasteiger partial charge is 0.322 e. The van der Waals surface area contributed by atoms with Gasteiger partial charge in [0.15, 0.2) is 0 Å². The van der Waals surface area contributed by atoms with Gasteiger partial charge in [-0.3, -0.25) is 24.6 Å². The first kappa shape index (κ1) is 16.8. The van der Waals surface area contributed by atoms with Gasteiger partial charge in [-0.1, -0.05) is 11.2 Å². The number of carbonyl (C=O) groups is 3. The summed E-state index contributed by atoms with van der Waals surface area (Å²) in [7, 11) is 0. The summed E-state index contributed by atoms with van der Waals surface area (Å²) >= 11 is 0. The van der Waals surface area contributed by atoms with Crippen molar-refractivity contribution in [1.29, 1.82) is 0 Å². The second-order valence-corrected chi connectivity index (χ2v) is 5.74. The maximum absolute atomic E-state index is 12.4. The fraction of sp³-hybridized carbons (Fsp3) is 0.235. The lowest BCUT2D eigenvalue weighted by molar-refractivity contribution is -0.121. The molecular formula is C17H14N4O6. The lowest BCUT2D eigenvalue weighted by atomic mass is 10.2. The third kappa shape index (κ3) is 3.36. The van der Waals surface area contributed by atoms with Crippen LogP contribution in [0.2, 0.25) is 0 Å². The summed E-state index contributed by atoms with van der Waals surface area (Å²) in [6, 6.07) is 6.05. The SMILES string of the molecule is O=C(Nc1nnc(C2=COCCO2)o1)c1cccc(N2C(=O)CCC2=O)c1. The van der Waals surface area contributed by atoms with Crippen LogP contribution in [0.3, 0.4) is 0 Å². The fourth-order valence-electron chi connectivity index (χ4n) is 2.67. The van der Waals surface area contributed by atoms with Crippen LogP contribution in [0.1, 0.15) is 29.1 Å². The summed E-state index contributed by atoms with van der Waals surface area (Å²) in [5.41, 5.74) is 0.579. The first-order valence-corrected chi connectivity index (χ1v) is 8.17. The minimum absolute atomic E-state index is 0.0759. The van der Waals surface area contributed by atoms with E-state index in [9.17, 15) is 14.4 Å². The molecule has 138 valence electrons. The fourth-order valence-corrected chi connectivity index (χ4v) is 2.67. The number of imide groups is 1. The molecule has 10 nitrogen and oxygen atoms in total. The molecule has 3 amide bonds. The highest BCUT2D eigenvalue weighted by atomic mass is 16.6. The van der Waals surface area contributed by atoms with E-state index in [4.69, 9.17) is 13.9 Å². The number of carbonyl (C=O) groups excluding carboxylic acids is 3. The van der Waals surface area contributed by atoms with E-state index < -0.39 is 5.91 Å². The maximum atomic E-state index is 12.4. The number of hydrogen-bond acceptors (Lipinski definition) is 8. The lowest BCUT2D eigenvalue weighted by Gasteiger charge is -2.14. The molecular weight excluding hydrogens is 356 g/mol. The van der Waals surface area contributed by atoms with Gasteiger partial charge in [0.1, 0.15) is 19.5 Å². The maximum Gasteiger partial charge on any atom is 0.322 e. The van der Waals surface area contributed by atoms with E-state index in [2.05, 4.69) is 15.5 Å². The standard InChI is InChI=1S/C17H14N4O6/c22-13-4-5-14(23)21(13)11-3-1-2-10(8-11)15(24)18-17-20-19-16(27-17)12-9-25-6-7-26-12/h1-3,8-9H,4-7H2,(H,18,20,24). The molecule has 1 aromatic heterocycles. The largest absolute Gasteiger partial charge is 0.494 e. The van der Waals surface area contributed by atoms with Crippen molar-refractivity contribution < 1.29 is 28.3 Å². The van der Waals surface area contributed by atoms with Crippen molar-refractivity contribution in [2.75, 3.05) is 23.4 Å². The van der Waals surface area contributed by atoms with E-state index in [1.54, 1.807) is 18.2 Å². The minimum atomic E-state index is -0.527. The second-order valence-electron chi connectivity index (χ2n) is 5.74. The van der Waals surface area contributed by atoms with Gasteiger partial charge in [-0.15, -0.1) is 5.10 Å². The van der Waals surface area contributed by atoms with Crippen LogP contribution in [0.25, 0.3) is 5.76 Å². The molecule has 2 aliphatic rings. The highest BCUT2D eigenvalue weighted by molar-refractivity contribution is 6.20. The van der Waals surface area contributed by atoms with E-state index in [-0.39, 0.29) is 47.9 Å². The summed E-state index contributed by atoms with van der Waals surface area (Å²) in [5.74, 6) is -0.751. The Morgan fingerprint density at radius 2 is 1.93 bits per heavy atom. The van der Waals surface area contributed by atoms with Crippen molar-refractivity contribution in [1.82, 2.24) is 10.2 Å². The second kappa shape index (κ2) is 6.90. The molecule has 1 saturated heterocycles. The lowest BCUT2D eigenvalue weighted by Crippen LogP contribution is -2.28. The van der Waals surface area contributed by atoms with Crippen LogP contribution in [0.4, 0.5) is 11.7 Å². The monoisotopic (exact) mass is 370 g/mol. The Labute approximate surface area is 152 Å². The Bertz CT molecular complexity index is 934. The number of rotatable bonds is 4. The predicted molar refractivity (Wildman–Crippen MR) is 90.3 cm³/mol. The molecule has 27 heavy (non-hydrogen) atoms. The molecule has 0 radical (unpaired) electrons. The molecule has 4 rings (SSSR count). The van der Waals surface area contributed by atoms with Gasteiger partial charge in [-0.05, 0) is 18.2 Å². The molecule has 0 atom stereocenters. The Kier molecular flexibility index (Phi) is 4.29. The predicted octanol–water partition coefficient (Wildman–Crippen LogP) is 1.32. The van der Waals surface area contributed by atoms with Crippen LogP contribution in [-0.4, -0.2) is 41.1 Å². The molecule has 1 aromatic carbocycles. The Hall–Kier alpha value is -3.69. The number of amides is 3. The number of ether oxygens (including phenoxy) is 2. The van der Waals surface area contributed by atoms with E-state index in [0.717, 1.165) is 4.90 Å². The molecule has 10 heteroatoms. The Morgan fingerprint density at radius 1 is 1.11 bits per heavy atom. The van der Waals surface area contributed by atoms with Crippen LogP contribution < -0.4 is 10.2 Å². The highest BCUT2D eigenvalue weighted by Gasteiger charge is 2.30. The van der Waals surface area contributed by atoms with Crippen LogP contribution in [0.5, 0.6) is 0 Å². The zero-order valence-corrected chi connectivity index (χ0v) is 14.0. The van der Waals surface area contributed by atoms with Crippen molar-refractivity contribution in [2.45, 2.75) is 12.8 Å². The molecule has 0 saturated carbocycles. The zero-order valence-electron chi connectivity index (χ0n) is 14.0. The molecule has 2 aromatic rings. The number of anilines is 2. The molecule has 0 spiro atoms. The zero-order chi connectivity index (χ0) is 18.8. The molecule has 3 heterocycles. The Balaban J connectivity index is 1.50. The van der Waals surface area contributed by atoms with Gasteiger partial charge in [0.25, 0.3) is 11.8 Å². The van der Waals surface area contributed by atoms with Gasteiger partial charge in [-0.25, -0.2) is 0 Å². The van der Waals surface area contributed by atoms with Gasteiger partial charge < -0.3 is 13.9 Å². The Morgan fingerprint density at radius 3 is 2.67 bits per heavy atom. The van der Waals surface area contributed by atoms with Crippen molar-refractivity contribution >= 4 is 35.2 Å². The van der Waals surface area contributed by atoms with Gasteiger partial charge in [0, 0.05) is 18.4 Å². The number of hydrogen-bond donors (Lipinski definition) is 1. The molecule has 1 N–H and O–H groups in total. The van der Waals surface area contributed by atoms with Crippen LogP contribution >= 0.6 is 0 Å². The topological polar surface area (TPSA) is 124 Å². The number of aromatic nitrogens is 2. The number of nitrogens with one attached hydrogen (secondary N) is 1. The average Bonchev–Trinajstić information content (AvgIpc) is 3.29. The summed E-state index contributed by atoms with van der Waals surface area (Å²) in [5, 5.41) is 9.99.